The van der Waals surface area contributed by atoms with Crippen molar-refractivity contribution in [2.24, 2.45) is 7.05 Å². The van der Waals surface area contributed by atoms with Crippen LogP contribution in [0.25, 0.3) is 11.3 Å². The first-order valence-electron chi connectivity index (χ1n) is 9.49. The summed E-state index contributed by atoms with van der Waals surface area (Å²) in [7, 11) is 1.90. The zero-order chi connectivity index (χ0) is 19.3. The van der Waals surface area contributed by atoms with Crippen LogP contribution in [0.3, 0.4) is 0 Å². The second-order valence-corrected chi connectivity index (χ2v) is 6.96. The van der Waals surface area contributed by atoms with Crippen LogP contribution in [-0.2, 0) is 11.8 Å². The number of ether oxygens (including phenoxy) is 1. The topological polar surface area (TPSA) is 81.0 Å². The Bertz CT molecular complexity index is 906. The maximum atomic E-state index is 5.52. The lowest BCUT2D eigenvalue weighted by Gasteiger charge is -2.34. The predicted molar refractivity (Wildman–Crippen MR) is 107 cm³/mol. The summed E-state index contributed by atoms with van der Waals surface area (Å²) in [6.45, 7) is 6.01. The van der Waals surface area contributed by atoms with Crippen molar-refractivity contribution in [1.82, 2.24) is 29.6 Å². The van der Waals surface area contributed by atoms with Crippen LogP contribution in [-0.4, -0.2) is 62.5 Å². The summed E-state index contributed by atoms with van der Waals surface area (Å²) in [5.74, 6) is 0.617. The van der Waals surface area contributed by atoms with E-state index >= 15 is 0 Å². The highest BCUT2D eigenvalue weighted by Gasteiger charge is 2.23. The minimum Gasteiger partial charge on any atom is -0.379 e. The SMILES string of the molecule is Cc1cnc(NCC(c2cccnc2)N2CCOCC2)nc1-c1cnn(C)c1. The number of nitrogens with zero attached hydrogens (tertiary/aromatic N) is 6. The molecule has 0 aliphatic carbocycles. The van der Waals surface area contributed by atoms with Crippen molar-refractivity contribution < 1.29 is 4.74 Å². The molecule has 1 fully saturated rings. The van der Waals surface area contributed by atoms with Crippen molar-refractivity contribution in [2.75, 3.05) is 38.2 Å². The number of aromatic nitrogens is 5. The quantitative estimate of drug-likeness (QED) is 0.702. The van der Waals surface area contributed by atoms with E-state index in [2.05, 4.69) is 31.3 Å². The number of hydrogen-bond donors (Lipinski definition) is 1. The van der Waals surface area contributed by atoms with Crippen molar-refractivity contribution in [3.05, 3.63) is 54.2 Å². The molecule has 1 atom stereocenters. The van der Waals surface area contributed by atoms with Gasteiger partial charge < -0.3 is 10.1 Å². The standard InChI is InChI=1S/C20H25N7O/c1-15-10-22-20(25-19(15)17-12-24-26(2)14-17)23-13-18(16-4-3-5-21-11-16)27-6-8-28-9-7-27/h3-5,10-12,14,18H,6-9,13H2,1-2H3,(H,22,23,25). The highest BCUT2D eigenvalue weighted by molar-refractivity contribution is 5.62. The summed E-state index contributed by atoms with van der Waals surface area (Å²) >= 11 is 0. The maximum Gasteiger partial charge on any atom is 0.223 e. The van der Waals surface area contributed by atoms with E-state index in [0.29, 0.717) is 12.5 Å². The van der Waals surface area contributed by atoms with Crippen molar-refractivity contribution in [1.29, 1.82) is 0 Å². The van der Waals surface area contributed by atoms with E-state index < -0.39 is 0 Å². The molecule has 4 rings (SSSR count). The number of anilines is 1. The normalized spacial score (nSPS) is 16.1. The van der Waals surface area contributed by atoms with Gasteiger partial charge in [-0.25, -0.2) is 9.97 Å². The lowest BCUT2D eigenvalue weighted by molar-refractivity contribution is 0.0186. The molecule has 3 aromatic heterocycles. The smallest absolute Gasteiger partial charge is 0.223 e. The minimum atomic E-state index is 0.185. The number of hydrogen-bond acceptors (Lipinski definition) is 7. The van der Waals surface area contributed by atoms with Gasteiger partial charge in [0, 0.05) is 57.0 Å². The fourth-order valence-electron chi connectivity index (χ4n) is 3.47. The van der Waals surface area contributed by atoms with Gasteiger partial charge in [-0.1, -0.05) is 6.07 Å². The lowest BCUT2D eigenvalue weighted by atomic mass is 10.1. The Morgan fingerprint density at radius 1 is 1.21 bits per heavy atom. The summed E-state index contributed by atoms with van der Waals surface area (Å²) in [5.41, 5.74) is 4.09. The van der Waals surface area contributed by atoms with Crippen LogP contribution in [0, 0.1) is 6.92 Å². The summed E-state index contributed by atoms with van der Waals surface area (Å²) in [4.78, 5) is 15.9. The maximum absolute atomic E-state index is 5.52. The molecular weight excluding hydrogens is 354 g/mol. The molecule has 28 heavy (non-hydrogen) atoms. The molecule has 3 aromatic rings. The molecule has 8 nitrogen and oxygen atoms in total. The first kappa shape index (κ1) is 18.5. The molecular formula is C20H25N7O. The van der Waals surface area contributed by atoms with Crippen LogP contribution in [0.15, 0.2) is 43.1 Å². The predicted octanol–water partition coefficient (Wildman–Crippen LogP) is 2.07. The van der Waals surface area contributed by atoms with E-state index in [4.69, 9.17) is 9.72 Å². The Morgan fingerprint density at radius 3 is 2.79 bits per heavy atom. The third kappa shape index (κ3) is 4.18. The molecule has 8 heteroatoms. The van der Waals surface area contributed by atoms with Crippen molar-refractivity contribution >= 4 is 5.95 Å². The Hall–Kier alpha value is -2.84. The summed E-state index contributed by atoms with van der Waals surface area (Å²) < 4.78 is 7.30. The van der Waals surface area contributed by atoms with Gasteiger partial charge in [-0.2, -0.15) is 5.10 Å². The average Bonchev–Trinajstić information content (AvgIpc) is 3.17. The Balaban J connectivity index is 1.54. The second-order valence-electron chi connectivity index (χ2n) is 6.96. The third-order valence-corrected chi connectivity index (χ3v) is 4.96. The van der Waals surface area contributed by atoms with Gasteiger partial charge in [0.15, 0.2) is 0 Å². The van der Waals surface area contributed by atoms with Gasteiger partial charge in [0.2, 0.25) is 5.95 Å². The van der Waals surface area contributed by atoms with Crippen molar-refractivity contribution in [3.63, 3.8) is 0 Å². The van der Waals surface area contributed by atoms with Crippen LogP contribution >= 0.6 is 0 Å². The molecule has 0 saturated carbocycles. The van der Waals surface area contributed by atoms with Crippen molar-refractivity contribution in [3.8, 4) is 11.3 Å². The van der Waals surface area contributed by atoms with Crippen LogP contribution in [0.1, 0.15) is 17.2 Å². The van der Waals surface area contributed by atoms with Crippen LogP contribution in [0.5, 0.6) is 0 Å². The van der Waals surface area contributed by atoms with Gasteiger partial charge in [0.1, 0.15) is 0 Å². The fourth-order valence-corrected chi connectivity index (χ4v) is 3.47. The lowest BCUT2D eigenvalue weighted by Crippen LogP contribution is -2.41. The molecule has 1 aliphatic heterocycles. The van der Waals surface area contributed by atoms with Gasteiger partial charge >= 0.3 is 0 Å². The second kappa shape index (κ2) is 8.45. The van der Waals surface area contributed by atoms with Crippen LogP contribution in [0.2, 0.25) is 0 Å². The molecule has 1 unspecified atom stereocenters. The van der Waals surface area contributed by atoms with E-state index in [1.54, 1.807) is 10.9 Å². The Kier molecular flexibility index (Phi) is 5.59. The molecule has 1 saturated heterocycles. The summed E-state index contributed by atoms with van der Waals surface area (Å²) in [6, 6.07) is 4.28. The summed E-state index contributed by atoms with van der Waals surface area (Å²) in [6.07, 6.45) is 9.37. The highest BCUT2D eigenvalue weighted by atomic mass is 16.5. The van der Waals surface area contributed by atoms with Gasteiger partial charge in [-0.15, -0.1) is 0 Å². The third-order valence-electron chi connectivity index (χ3n) is 4.96. The largest absolute Gasteiger partial charge is 0.379 e. The first-order chi connectivity index (χ1) is 13.7. The molecule has 0 radical (unpaired) electrons. The Labute approximate surface area is 164 Å². The molecule has 0 aromatic carbocycles. The molecule has 0 bridgehead atoms. The van der Waals surface area contributed by atoms with Gasteiger partial charge in [-0.3, -0.25) is 14.6 Å². The number of pyridine rings is 1. The van der Waals surface area contributed by atoms with E-state index in [9.17, 15) is 0 Å². The molecule has 0 amide bonds. The zero-order valence-corrected chi connectivity index (χ0v) is 16.2. The fraction of sp³-hybridized carbons (Fsp3) is 0.400. The molecule has 146 valence electrons. The Morgan fingerprint density at radius 2 is 2.07 bits per heavy atom. The van der Waals surface area contributed by atoms with Gasteiger partial charge in [0.05, 0.1) is 31.1 Å². The number of aryl methyl sites for hydroxylation is 2. The first-order valence-corrected chi connectivity index (χ1v) is 9.49. The zero-order valence-electron chi connectivity index (χ0n) is 16.2. The van der Waals surface area contributed by atoms with Gasteiger partial charge in [0.25, 0.3) is 0 Å². The monoisotopic (exact) mass is 379 g/mol. The number of nitrogens with one attached hydrogen (secondary N) is 1. The van der Waals surface area contributed by atoms with E-state index in [1.807, 2.05) is 44.8 Å². The number of rotatable bonds is 6. The highest BCUT2D eigenvalue weighted by Crippen LogP contribution is 2.23. The molecule has 0 spiro atoms. The van der Waals surface area contributed by atoms with E-state index in [1.165, 1.54) is 5.56 Å². The van der Waals surface area contributed by atoms with Crippen LogP contribution < -0.4 is 5.32 Å². The van der Waals surface area contributed by atoms with E-state index in [0.717, 1.165) is 43.1 Å². The molecule has 1 N–H and O–H groups in total. The summed E-state index contributed by atoms with van der Waals surface area (Å²) in [5, 5.41) is 7.67. The van der Waals surface area contributed by atoms with Crippen molar-refractivity contribution in [2.45, 2.75) is 13.0 Å². The van der Waals surface area contributed by atoms with Gasteiger partial charge in [-0.05, 0) is 24.1 Å². The average molecular weight is 379 g/mol. The minimum absolute atomic E-state index is 0.185. The van der Waals surface area contributed by atoms with E-state index in [-0.39, 0.29) is 6.04 Å². The molecule has 1 aliphatic rings. The molecule has 4 heterocycles. The van der Waals surface area contributed by atoms with Crippen LogP contribution in [0.4, 0.5) is 5.95 Å². The number of morpholine rings is 1.